The lowest BCUT2D eigenvalue weighted by molar-refractivity contribution is 0.997. The van der Waals surface area contributed by atoms with E-state index in [1.807, 2.05) is 0 Å². The fraction of sp³-hybridized carbons (Fsp3) is 0.0492. The maximum Gasteiger partial charge on any atom is 0.0462 e. The molecule has 9 aromatic carbocycles. The largest absolute Gasteiger partial charge is 0.311 e. The van der Waals surface area contributed by atoms with Crippen LogP contribution in [0.15, 0.2) is 261 Å². The minimum atomic E-state index is 1.05. The fourth-order valence-corrected chi connectivity index (χ4v) is 8.60. The molecule has 0 saturated carbocycles. The van der Waals surface area contributed by atoms with Crippen molar-refractivity contribution in [2.24, 2.45) is 0 Å². The summed E-state index contributed by atoms with van der Waals surface area (Å²) in [7, 11) is 0. The van der Waals surface area contributed by atoms with Gasteiger partial charge in [-0.3, -0.25) is 0 Å². The van der Waals surface area contributed by atoms with Crippen molar-refractivity contribution in [1.82, 2.24) is 0 Å². The molecule has 308 valence electrons. The van der Waals surface area contributed by atoms with Crippen LogP contribution in [0.5, 0.6) is 0 Å². The van der Waals surface area contributed by atoms with Gasteiger partial charge in [0, 0.05) is 51.2 Å². The van der Waals surface area contributed by atoms with Gasteiger partial charge in [0.1, 0.15) is 0 Å². The van der Waals surface area contributed by atoms with Gasteiger partial charge in [-0.1, -0.05) is 157 Å². The third kappa shape index (κ3) is 8.66. The van der Waals surface area contributed by atoms with E-state index < -0.39 is 0 Å². The van der Waals surface area contributed by atoms with Gasteiger partial charge in [0.25, 0.3) is 0 Å². The Balaban J connectivity index is 0.893. The third-order valence-corrected chi connectivity index (χ3v) is 12.0. The van der Waals surface area contributed by atoms with E-state index in [0.29, 0.717) is 0 Å². The molecule has 0 spiro atoms. The van der Waals surface area contributed by atoms with E-state index in [0.717, 1.165) is 63.9 Å². The van der Waals surface area contributed by atoms with Crippen LogP contribution >= 0.6 is 0 Å². The number of aryl methyl sites for hydroxylation is 1. The lowest BCUT2D eigenvalue weighted by atomic mass is 10.0. The molecule has 0 saturated heterocycles. The van der Waals surface area contributed by atoms with Gasteiger partial charge < -0.3 is 14.7 Å². The van der Waals surface area contributed by atoms with Crippen molar-refractivity contribution in [2.75, 3.05) is 14.7 Å². The van der Waals surface area contributed by atoms with Gasteiger partial charge in [0.2, 0.25) is 0 Å². The Hall–Kier alpha value is -8.14. The predicted octanol–water partition coefficient (Wildman–Crippen LogP) is 17.3. The van der Waals surface area contributed by atoms with E-state index in [9.17, 15) is 0 Å². The number of para-hydroxylation sites is 3. The standard InChI is InChI=1S/C61H49N3/c1-46-22-24-47(25-23-46)48-26-38-58(39-27-48)63(55-18-10-4-11-19-55)59-42-32-51(33-43-59)52-34-44-61(45-35-52)64(56-20-12-5-13-21-56)60-40-30-50(31-41-60)49-28-36-57(37-29-49)62(53-14-6-2-7-15-53)54-16-8-3-9-17-54/h2,4-8,10-45H,3,9H2,1H3. The van der Waals surface area contributed by atoms with Gasteiger partial charge >= 0.3 is 0 Å². The van der Waals surface area contributed by atoms with Gasteiger partial charge in [-0.15, -0.1) is 0 Å². The Morgan fingerprint density at radius 1 is 0.266 bits per heavy atom. The first-order chi connectivity index (χ1) is 31.6. The van der Waals surface area contributed by atoms with Gasteiger partial charge in [-0.2, -0.15) is 0 Å². The molecule has 3 heteroatoms. The smallest absolute Gasteiger partial charge is 0.0462 e. The summed E-state index contributed by atoms with van der Waals surface area (Å²) < 4.78 is 0. The summed E-state index contributed by atoms with van der Waals surface area (Å²) in [4.78, 5) is 6.98. The summed E-state index contributed by atoms with van der Waals surface area (Å²) in [5, 5.41) is 0. The van der Waals surface area contributed by atoms with Crippen molar-refractivity contribution in [2.45, 2.75) is 19.8 Å². The summed E-state index contributed by atoms with van der Waals surface area (Å²) in [6.07, 6.45) is 8.97. The zero-order valence-corrected chi connectivity index (χ0v) is 36.0. The normalized spacial score (nSPS) is 12.0. The highest BCUT2D eigenvalue weighted by atomic mass is 15.2. The number of nitrogens with zero attached hydrogens (tertiary/aromatic N) is 3. The van der Waals surface area contributed by atoms with Gasteiger partial charge in [0.15, 0.2) is 0 Å². The number of hydrogen-bond donors (Lipinski definition) is 0. The van der Waals surface area contributed by atoms with Gasteiger partial charge in [0.05, 0.1) is 0 Å². The van der Waals surface area contributed by atoms with Crippen LogP contribution in [-0.2, 0) is 0 Å². The van der Waals surface area contributed by atoms with E-state index >= 15 is 0 Å². The second kappa shape index (κ2) is 18.5. The molecule has 1 aliphatic carbocycles. The van der Waals surface area contributed by atoms with Crippen LogP contribution in [0.25, 0.3) is 33.4 Å². The minimum absolute atomic E-state index is 1.05. The second-order valence-corrected chi connectivity index (χ2v) is 16.2. The van der Waals surface area contributed by atoms with Crippen LogP contribution in [0, 0.1) is 6.92 Å². The molecular formula is C61H49N3. The quantitative estimate of drug-likeness (QED) is 0.122. The Bertz CT molecular complexity index is 2980. The minimum Gasteiger partial charge on any atom is -0.311 e. The van der Waals surface area contributed by atoms with Crippen LogP contribution in [-0.4, -0.2) is 0 Å². The van der Waals surface area contributed by atoms with Crippen LogP contribution in [0.4, 0.5) is 45.5 Å². The molecule has 0 aliphatic heterocycles. The highest BCUT2D eigenvalue weighted by molar-refractivity contribution is 5.83. The van der Waals surface area contributed by atoms with Crippen LogP contribution < -0.4 is 14.7 Å². The topological polar surface area (TPSA) is 9.72 Å². The highest BCUT2D eigenvalue weighted by Gasteiger charge is 2.17. The summed E-state index contributed by atoms with van der Waals surface area (Å²) in [5.74, 6) is 0. The average molecular weight is 824 g/mol. The third-order valence-electron chi connectivity index (χ3n) is 12.0. The molecule has 1 aliphatic rings. The van der Waals surface area contributed by atoms with Crippen molar-refractivity contribution in [1.29, 1.82) is 0 Å². The Kier molecular flexibility index (Phi) is 11.5. The molecule has 0 heterocycles. The van der Waals surface area contributed by atoms with Gasteiger partial charge in [-0.05, 0) is 156 Å². The molecular weight excluding hydrogens is 775 g/mol. The number of hydrogen-bond acceptors (Lipinski definition) is 3. The van der Waals surface area contributed by atoms with Crippen molar-refractivity contribution >= 4 is 45.5 Å². The SMILES string of the molecule is Cc1ccc(-c2ccc(N(c3ccccc3)c3ccc(-c4ccc(N(c5ccccc5)c5ccc(-c6ccc(N(C7=CCCC=C7)c7ccccc7)cc6)cc5)cc4)cc3)cc2)cc1. The molecule has 9 aromatic rings. The lowest BCUT2D eigenvalue weighted by Gasteiger charge is -2.28. The molecule has 10 rings (SSSR count). The Labute approximate surface area is 377 Å². The monoisotopic (exact) mass is 823 g/mol. The van der Waals surface area contributed by atoms with E-state index in [-0.39, 0.29) is 0 Å². The first kappa shape index (κ1) is 40.0. The molecule has 0 aromatic heterocycles. The number of anilines is 8. The molecule has 0 unspecified atom stereocenters. The molecule has 0 amide bonds. The first-order valence-electron chi connectivity index (χ1n) is 22.1. The van der Waals surface area contributed by atoms with E-state index in [2.05, 4.69) is 276 Å². The molecule has 3 nitrogen and oxygen atoms in total. The summed E-state index contributed by atoms with van der Waals surface area (Å²) >= 11 is 0. The number of allylic oxidation sites excluding steroid dienone is 3. The average Bonchev–Trinajstić information content (AvgIpc) is 3.37. The zero-order chi connectivity index (χ0) is 43.1. The van der Waals surface area contributed by atoms with E-state index in [4.69, 9.17) is 0 Å². The molecule has 64 heavy (non-hydrogen) atoms. The van der Waals surface area contributed by atoms with Crippen molar-refractivity contribution in [3.05, 3.63) is 266 Å². The molecule has 0 bridgehead atoms. The van der Waals surface area contributed by atoms with Crippen LogP contribution in [0.1, 0.15) is 18.4 Å². The molecule has 0 N–H and O–H groups in total. The Morgan fingerprint density at radius 3 is 0.828 bits per heavy atom. The van der Waals surface area contributed by atoms with Crippen molar-refractivity contribution < 1.29 is 0 Å². The van der Waals surface area contributed by atoms with Crippen LogP contribution in [0.3, 0.4) is 0 Å². The molecule has 0 radical (unpaired) electrons. The lowest BCUT2D eigenvalue weighted by Crippen LogP contribution is -2.16. The molecule has 0 fully saturated rings. The highest BCUT2D eigenvalue weighted by Crippen LogP contribution is 2.40. The maximum absolute atomic E-state index is 2.34. The van der Waals surface area contributed by atoms with Gasteiger partial charge in [-0.25, -0.2) is 0 Å². The maximum atomic E-state index is 2.34. The van der Waals surface area contributed by atoms with Crippen molar-refractivity contribution in [3.8, 4) is 33.4 Å². The summed E-state index contributed by atoms with van der Waals surface area (Å²) in [5.41, 5.74) is 18.5. The summed E-state index contributed by atoms with van der Waals surface area (Å²) in [6.45, 7) is 2.12. The second-order valence-electron chi connectivity index (χ2n) is 16.2. The van der Waals surface area contributed by atoms with Crippen LogP contribution in [0.2, 0.25) is 0 Å². The number of rotatable bonds is 12. The van der Waals surface area contributed by atoms with Crippen molar-refractivity contribution in [3.63, 3.8) is 0 Å². The van der Waals surface area contributed by atoms with E-state index in [1.54, 1.807) is 0 Å². The first-order valence-corrected chi connectivity index (χ1v) is 22.1. The fourth-order valence-electron chi connectivity index (χ4n) is 8.60. The predicted molar refractivity (Wildman–Crippen MR) is 272 cm³/mol. The summed E-state index contributed by atoms with van der Waals surface area (Å²) in [6, 6.07) is 85.1. The number of benzene rings is 9. The molecule has 0 atom stereocenters. The zero-order valence-electron chi connectivity index (χ0n) is 36.0. The Morgan fingerprint density at radius 2 is 0.531 bits per heavy atom. The van der Waals surface area contributed by atoms with E-state index in [1.165, 1.54) is 39.1 Å².